The Morgan fingerprint density at radius 2 is 1.64 bits per heavy atom. The summed E-state index contributed by atoms with van der Waals surface area (Å²) < 4.78 is 0. The summed E-state index contributed by atoms with van der Waals surface area (Å²) in [7, 11) is 0. The molecule has 0 saturated heterocycles. The van der Waals surface area contributed by atoms with E-state index in [1.165, 1.54) is 54.4 Å². The zero-order valence-electron chi connectivity index (χ0n) is 14.6. The average Bonchev–Trinajstić information content (AvgIpc) is 2.51. The van der Waals surface area contributed by atoms with Crippen molar-refractivity contribution in [2.75, 3.05) is 0 Å². The lowest BCUT2D eigenvalue weighted by Gasteiger charge is -2.19. The minimum atomic E-state index is 0.212. The molecule has 1 radical (unpaired) electrons. The summed E-state index contributed by atoms with van der Waals surface area (Å²) in [5, 5.41) is 0. The van der Waals surface area contributed by atoms with E-state index in [-0.39, 0.29) is 5.41 Å². The summed E-state index contributed by atoms with van der Waals surface area (Å²) in [6.45, 7) is 9.03. The van der Waals surface area contributed by atoms with Crippen molar-refractivity contribution in [1.29, 1.82) is 0 Å². The van der Waals surface area contributed by atoms with E-state index in [2.05, 4.69) is 76.2 Å². The largest absolute Gasteiger partial charge is 0.0654 e. The molecule has 0 heterocycles. The second-order valence-electron chi connectivity index (χ2n) is 7.25. The number of unbranched alkanes of at least 4 members (excludes halogenated alkanes) is 3. The summed E-state index contributed by atoms with van der Waals surface area (Å²) in [6.07, 6.45) is 6.46. The van der Waals surface area contributed by atoms with Gasteiger partial charge in [0.1, 0.15) is 0 Å². The van der Waals surface area contributed by atoms with E-state index in [0.29, 0.717) is 0 Å². The van der Waals surface area contributed by atoms with Gasteiger partial charge in [0.15, 0.2) is 0 Å². The van der Waals surface area contributed by atoms with Crippen molar-refractivity contribution >= 4 is 0 Å². The topological polar surface area (TPSA) is 0 Å². The first kappa shape index (κ1) is 16.8. The Hall–Kier alpha value is -1.56. The molecule has 0 bridgehead atoms. The van der Waals surface area contributed by atoms with Crippen molar-refractivity contribution < 1.29 is 0 Å². The van der Waals surface area contributed by atoms with Crippen LogP contribution in [0.3, 0.4) is 0 Å². The van der Waals surface area contributed by atoms with Crippen molar-refractivity contribution in [2.45, 2.75) is 65.2 Å². The first-order chi connectivity index (χ1) is 10.5. The maximum Gasteiger partial charge on any atom is -0.00990 e. The van der Waals surface area contributed by atoms with Crippen molar-refractivity contribution in [2.24, 2.45) is 0 Å². The van der Waals surface area contributed by atoms with Gasteiger partial charge >= 0.3 is 0 Å². The Bertz CT molecular complexity index is 570. The normalized spacial score (nSPS) is 11.6. The quantitative estimate of drug-likeness (QED) is 0.528. The van der Waals surface area contributed by atoms with Gasteiger partial charge < -0.3 is 0 Å². The molecule has 0 aromatic heterocycles. The van der Waals surface area contributed by atoms with Gasteiger partial charge in [-0.2, -0.15) is 0 Å². The highest BCUT2D eigenvalue weighted by Crippen LogP contribution is 2.26. The van der Waals surface area contributed by atoms with Gasteiger partial charge in [0.25, 0.3) is 0 Å². The smallest absolute Gasteiger partial charge is 0.00990 e. The van der Waals surface area contributed by atoms with E-state index in [0.717, 1.165) is 0 Å². The van der Waals surface area contributed by atoms with Crippen LogP contribution in [-0.4, -0.2) is 0 Å². The minimum Gasteiger partial charge on any atom is -0.0654 e. The predicted octanol–water partition coefficient (Wildman–Crippen LogP) is 6.57. The molecule has 0 aliphatic carbocycles. The van der Waals surface area contributed by atoms with Gasteiger partial charge in [0.05, 0.1) is 0 Å². The first-order valence-corrected chi connectivity index (χ1v) is 8.62. The highest BCUT2D eigenvalue weighted by molar-refractivity contribution is 5.64. The standard InChI is InChI=1S/C22H29/c1-5-6-7-8-10-18-11-9-12-20(17-18)19-13-15-21(16-14-19)22(2,3)4/h9,11,13-17H,5-8,10H2,1-4H3. The molecule has 0 N–H and O–H groups in total. The SMILES string of the molecule is CCCCCCc1cc[c]c(-c2ccc(C(C)(C)C)cc2)c1. The average molecular weight is 293 g/mol. The van der Waals surface area contributed by atoms with Gasteiger partial charge in [0.2, 0.25) is 0 Å². The maximum absolute atomic E-state index is 3.38. The predicted molar refractivity (Wildman–Crippen MR) is 97.3 cm³/mol. The van der Waals surface area contributed by atoms with Gasteiger partial charge in [-0.25, -0.2) is 0 Å². The lowest BCUT2D eigenvalue weighted by atomic mass is 9.86. The van der Waals surface area contributed by atoms with E-state index in [9.17, 15) is 0 Å². The second-order valence-corrected chi connectivity index (χ2v) is 7.25. The third-order valence-electron chi connectivity index (χ3n) is 4.25. The molecular formula is C22H29. The molecule has 22 heavy (non-hydrogen) atoms. The molecule has 2 aromatic carbocycles. The van der Waals surface area contributed by atoms with Crippen LogP contribution < -0.4 is 0 Å². The molecule has 0 unspecified atom stereocenters. The molecule has 0 nitrogen and oxygen atoms in total. The lowest BCUT2D eigenvalue weighted by molar-refractivity contribution is 0.590. The van der Waals surface area contributed by atoms with Crippen molar-refractivity contribution in [3.63, 3.8) is 0 Å². The maximum atomic E-state index is 3.38. The Balaban J connectivity index is 2.09. The molecule has 0 amide bonds. The van der Waals surface area contributed by atoms with Crippen LogP contribution in [0.4, 0.5) is 0 Å². The molecule has 0 spiro atoms. The van der Waals surface area contributed by atoms with Crippen LogP contribution in [-0.2, 0) is 11.8 Å². The number of rotatable bonds is 6. The van der Waals surface area contributed by atoms with Crippen LogP contribution in [0.25, 0.3) is 11.1 Å². The molecule has 0 atom stereocenters. The van der Waals surface area contributed by atoms with Crippen LogP contribution in [0.5, 0.6) is 0 Å². The molecule has 0 saturated carbocycles. The minimum absolute atomic E-state index is 0.212. The highest BCUT2D eigenvalue weighted by atomic mass is 14.2. The Morgan fingerprint density at radius 1 is 0.909 bits per heavy atom. The number of benzene rings is 2. The molecule has 0 aliphatic heterocycles. The Morgan fingerprint density at radius 3 is 2.27 bits per heavy atom. The van der Waals surface area contributed by atoms with Crippen molar-refractivity contribution in [3.8, 4) is 11.1 Å². The van der Waals surface area contributed by atoms with Gasteiger partial charge in [0, 0.05) is 0 Å². The van der Waals surface area contributed by atoms with E-state index in [1.807, 2.05) is 0 Å². The van der Waals surface area contributed by atoms with E-state index >= 15 is 0 Å². The summed E-state index contributed by atoms with van der Waals surface area (Å²) in [5.41, 5.74) is 5.51. The Labute approximate surface area is 136 Å². The third kappa shape index (κ3) is 4.73. The van der Waals surface area contributed by atoms with Gasteiger partial charge in [-0.15, -0.1) is 0 Å². The summed E-state index contributed by atoms with van der Waals surface area (Å²) in [6, 6.07) is 18.9. The fraction of sp³-hybridized carbons (Fsp3) is 0.455. The van der Waals surface area contributed by atoms with Crippen LogP contribution in [0.2, 0.25) is 0 Å². The molecule has 2 rings (SSSR count). The molecule has 2 aromatic rings. The second kappa shape index (κ2) is 7.63. The summed E-state index contributed by atoms with van der Waals surface area (Å²) >= 11 is 0. The van der Waals surface area contributed by atoms with E-state index in [4.69, 9.17) is 0 Å². The van der Waals surface area contributed by atoms with Crippen molar-refractivity contribution in [1.82, 2.24) is 0 Å². The summed E-state index contributed by atoms with van der Waals surface area (Å²) in [4.78, 5) is 0. The van der Waals surface area contributed by atoms with E-state index < -0.39 is 0 Å². The van der Waals surface area contributed by atoms with Crippen LogP contribution in [0, 0.1) is 6.07 Å². The first-order valence-electron chi connectivity index (χ1n) is 8.62. The Kier molecular flexibility index (Phi) is 5.83. The van der Waals surface area contributed by atoms with Crippen LogP contribution in [0.15, 0.2) is 42.5 Å². The number of hydrogen-bond acceptors (Lipinski definition) is 0. The van der Waals surface area contributed by atoms with E-state index in [1.54, 1.807) is 0 Å². The molecule has 0 heteroatoms. The monoisotopic (exact) mass is 293 g/mol. The number of hydrogen-bond donors (Lipinski definition) is 0. The van der Waals surface area contributed by atoms with Gasteiger partial charge in [-0.05, 0) is 46.6 Å². The fourth-order valence-electron chi connectivity index (χ4n) is 2.74. The molecule has 0 fully saturated rings. The fourth-order valence-corrected chi connectivity index (χ4v) is 2.74. The molecular weight excluding hydrogens is 264 g/mol. The molecule has 0 aliphatic rings. The zero-order valence-corrected chi connectivity index (χ0v) is 14.6. The number of aryl methyl sites for hydroxylation is 1. The zero-order chi connectivity index (χ0) is 16.0. The van der Waals surface area contributed by atoms with Crippen LogP contribution in [0.1, 0.15) is 64.5 Å². The lowest BCUT2D eigenvalue weighted by Crippen LogP contribution is -2.10. The van der Waals surface area contributed by atoms with Gasteiger partial charge in [-0.3, -0.25) is 0 Å². The van der Waals surface area contributed by atoms with Crippen molar-refractivity contribution in [3.05, 3.63) is 59.7 Å². The van der Waals surface area contributed by atoms with Gasteiger partial charge in [-0.1, -0.05) is 89.4 Å². The highest BCUT2D eigenvalue weighted by Gasteiger charge is 2.13. The third-order valence-corrected chi connectivity index (χ3v) is 4.25. The molecule has 117 valence electrons. The summed E-state index contributed by atoms with van der Waals surface area (Å²) in [5.74, 6) is 0. The van der Waals surface area contributed by atoms with Crippen LogP contribution >= 0.6 is 0 Å².